The van der Waals surface area contributed by atoms with Gasteiger partial charge in [0, 0.05) is 31.0 Å². The van der Waals surface area contributed by atoms with Crippen LogP contribution in [0.4, 0.5) is 0 Å². The van der Waals surface area contributed by atoms with Crippen LogP contribution >= 0.6 is 0 Å². The Hall–Kier alpha value is -1.81. The van der Waals surface area contributed by atoms with Gasteiger partial charge < -0.3 is 14.6 Å². The Kier molecular flexibility index (Phi) is 5.02. The zero-order chi connectivity index (χ0) is 15.3. The molecule has 0 fully saturated rings. The van der Waals surface area contributed by atoms with Gasteiger partial charge in [0.25, 0.3) is 0 Å². The summed E-state index contributed by atoms with van der Waals surface area (Å²) in [6.07, 6.45) is 3.78. The molecule has 0 aliphatic heterocycles. The van der Waals surface area contributed by atoms with E-state index in [1.54, 1.807) is 0 Å². The van der Waals surface area contributed by atoms with Gasteiger partial charge in [-0.2, -0.15) is 0 Å². The lowest BCUT2D eigenvalue weighted by Gasteiger charge is -2.20. The van der Waals surface area contributed by atoms with E-state index in [1.807, 2.05) is 24.5 Å². The minimum absolute atomic E-state index is 0.131. The highest BCUT2D eigenvalue weighted by atomic mass is 16.5. The lowest BCUT2D eigenvalue weighted by molar-refractivity contribution is 0.290. The minimum Gasteiger partial charge on any atom is -0.486 e. The summed E-state index contributed by atoms with van der Waals surface area (Å²) in [5, 5.41) is 3.47. The molecule has 0 aliphatic carbocycles. The molecule has 4 nitrogen and oxygen atoms in total. The fraction of sp³-hybridized carbons (Fsp3) is 0.471. The van der Waals surface area contributed by atoms with E-state index >= 15 is 0 Å². The van der Waals surface area contributed by atoms with Crippen LogP contribution in [-0.2, 0) is 19.7 Å². The Morgan fingerprint density at radius 1 is 1.19 bits per heavy atom. The second-order valence-corrected chi connectivity index (χ2v) is 6.17. The molecule has 0 atom stereocenters. The smallest absolute Gasteiger partial charge is 0.146 e. The summed E-state index contributed by atoms with van der Waals surface area (Å²) in [6.45, 7) is 10.9. The summed E-state index contributed by atoms with van der Waals surface area (Å²) >= 11 is 0. The van der Waals surface area contributed by atoms with Gasteiger partial charge in [-0.15, -0.1) is 0 Å². The molecule has 0 aliphatic rings. The zero-order valence-corrected chi connectivity index (χ0v) is 13.4. The van der Waals surface area contributed by atoms with Crippen molar-refractivity contribution in [2.45, 2.75) is 52.9 Å². The van der Waals surface area contributed by atoms with Gasteiger partial charge in [-0.05, 0) is 45.4 Å². The average molecular weight is 287 g/mol. The van der Waals surface area contributed by atoms with E-state index in [0.717, 1.165) is 24.7 Å². The molecule has 1 heterocycles. The van der Waals surface area contributed by atoms with E-state index in [1.165, 1.54) is 5.56 Å². The predicted molar refractivity (Wildman–Crippen MR) is 85.3 cm³/mol. The van der Waals surface area contributed by atoms with Gasteiger partial charge in [-0.1, -0.05) is 12.1 Å². The van der Waals surface area contributed by atoms with E-state index in [9.17, 15) is 0 Å². The van der Waals surface area contributed by atoms with Gasteiger partial charge in [0.05, 0.1) is 0 Å². The highest BCUT2D eigenvalue weighted by molar-refractivity contribution is 5.27. The van der Waals surface area contributed by atoms with Crippen molar-refractivity contribution in [3.05, 3.63) is 48.0 Å². The van der Waals surface area contributed by atoms with Crippen LogP contribution in [0, 0.1) is 0 Å². The molecule has 0 saturated carbocycles. The third kappa shape index (κ3) is 4.90. The van der Waals surface area contributed by atoms with Gasteiger partial charge in [0.2, 0.25) is 0 Å². The van der Waals surface area contributed by atoms with E-state index in [4.69, 9.17) is 4.74 Å². The van der Waals surface area contributed by atoms with Crippen molar-refractivity contribution in [3.8, 4) is 5.75 Å². The molecule has 0 amide bonds. The lowest BCUT2D eigenvalue weighted by Crippen LogP contribution is -2.35. The summed E-state index contributed by atoms with van der Waals surface area (Å²) in [5.74, 6) is 1.83. The second kappa shape index (κ2) is 6.76. The lowest BCUT2D eigenvalue weighted by atomic mass is 10.1. The molecule has 4 heteroatoms. The Bertz CT molecular complexity index is 552. The normalized spacial score (nSPS) is 11.6. The SMILES string of the molecule is CCn1ccnc1COc1ccc(CNC(C)(C)C)cc1. The molecule has 1 N–H and O–H groups in total. The molecule has 21 heavy (non-hydrogen) atoms. The number of benzene rings is 1. The van der Waals surface area contributed by atoms with Crippen LogP contribution in [-0.4, -0.2) is 15.1 Å². The van der Waals surface area contributed by atoms with Crippen LogP contribution in [0.15, 0.2) is 36.7 Å². The van der Waals surface area contributed by atoms with Crippen LogP contribution in [0.3, 0.4) is 0 Å². The van der Waals surface area contributed by atoms with Crippen LogP contribution in [0.1, 0.15) is 39.1 Å². The maximum atomic E-state index is 5.79. The standard InChI is InChI=1S/C17H25N3O/c1-5-20-11-10-18-16(20)13-21-15-8-6-14(7-9-15)12-19-17(2,3)4/h6-11,19H,5,12-13H2,1-4H3. The van der Waals surface area contributed by atoms with E-state index in [0.29, 0.717) is 6.61 Å². The number of aryl methyl sites for hydroxylation is 1. The number of nitrogens with one attached hydrogen (secondary N) is 1. The summed E-state index contributed by atoms with van der Waals surface area (Å²) < 4.78 is 7.87. The molecule has 1 aromatic heterocycles. The fourth-order valence-electron chi connectivity index (χ4n) is 1.99. The summed E-state index contributed by atoms with van der Waals surface area (Å²) in [7, 11) is 0. The van der Waals surface area contributed by atoms with E-state index in [-0.39, 0.29) is 5.54 Å². The maximum absolute atomic E-state index is 5.79. The predicted octanol–water partition coefficient (Wildman–Crippen LogP) is 3.37. The third-order valence-electron chi connectivity index (χ3n) is 3.26. The first-order chi connectivity index (χ1) is 9.98. The van der Waals surface area contributed by atoms with Gasteiger partial charge in [0.1, 0.15) is 18.2 Å². The Balaban J connectivity index is 1.88. The molecule has 0 bridgehead atoms. The third-order valence-corrected chi connectivity index (χ3v) is 3.26. The highest BCUT2D eigenvalue weighted by Crippen LogP contribution is 2.14. The molecule has 2 aromatic rings. The quantitative estimate of drug-likeness (QED) is 0.885. The summed E-state index contributed by atoms with van der Waals surface area (Å²) in [6, 6.07) is 8.22. The molecule has 0 spiro atoms. The average Bonchev–Trinajstić information content (AvgIpc) is 2.90. The van der Waals surface area contributed by atoms with Crippen LogP contribution in [0.25, 0.3) is 0 Å². The number of hydrogen-bond donors (Lipinski definition) is 1. The molecule has 1 aromatic carbocycles. The van der Waals surface area contributed by atoms with Crippen molar-refractivity contribution in [2.24, 2.45) is 0 Å². The van der Waals surface area contributed by atoms with Crippen molar-refractivity contribution in [1.29, 1.82) is 0 Å². The monoisotopic (exact) mass is 287 g/mol. The first-order valence-electron chi connectivity index (χ1n) is 7.45. The van der Waals surface area contributed by atoms with Gasteiger partial charge >= 0.3 is 0 Å². The van der Waals surface area contributed by atoms with Crippen molar-refractivity contribution in [3.63, 3.8) is 0 Å². The second-order valence-electron chi connectivity index (χ2n) is 6.17. The number of nitrogens with zero attached hydrogens (tertiary/aromatic N) is 2. The number of hydrogen-bond acceptors (Lipinski definition) is 3. The number of ether oxygens (including phenoxy) is 1. The Morgan fingerprint density at radius 3 is 2.52 bits per heavy atom. The number of imidazole rings is 1. The largest absolute Gasteiger partial charge is 0.486 e. The molecule has 0 saturated heterocycles. The molecule has 0 radical (unpaired) electrons. The van der Waals surface area contributed by atoms with E-state index in [2.05, 4.69) is 54.7 Å². The maximum Gasteiger partial charge on any atom is 0.146 e. The van der Waals surface area contributed by atoms with Gasteiger partial charge in [-0.25, -0.2) is 4.98 Å². The number of aromatic nitrogens is 2. The first-order valence-corrected chi connectivity index (χ1v) is 7.45. The topological polar surface area (TPSA) is 39.1 Å². The fourth-order valence-corrected chi connectivity index (χ4v) is 1.99. The number of rotatable bonds is 6. The Labute approximate surface area is 127 Å². The van der Waals surface area contributed by atoms with Crippen molar-refractivity contribution >= 4 is 0 Å². The van der Waals surface area contributed by atoms with Crippen molar-refractivity contribution in [1.82, 2.24) is 14.9 Å². The molecular formula is C17H25N3O. The summed E-state index contributed by atoms with van der Waals surface area (Å²) in [5.41, 5.74) is 1.39. The molecule has 0 unspecified atom stereocenters. The van der Waals surface area contributed by atoms with Crippen LogP contribution in [0.2, 0.25) is 0 Å². The highest BCUT2D eigenvalue weighted by Gasteiger charge is 2.08. The van der Waals surface area contributed by atoms with Gasteiger partial charge in [0.15, 0.2) is 0 Å². The van der Waals surface area contributed by atoms with Crippen molar-refractivity contribution < 1.29 is 4.74 Å². The minimum atomic E-state index is 0.131. The zero-order valence-electron chi connectivity index (χ0n) is 13.4. The summed E-state index contributed by atoms with van der Waals surface area (Å²) in [4.78, 5) is 4.30. The van der Waals surface area contributed by atoms with Crippen molar-refractivity contribution in [2.75, 3.05) is 0 Å². The van der Waals surface area contributed by atoms with Gasteiger partial charge in [-0.3, -0.25) is 0 Å². The molecule has 114 valence electrons. The molecular weight excluding hydrogens is 262 g/mol. The first kappa shape index (κ1) is 15.6. The Morgan fingerprint density at radius 2 is 1.90 bits per heavy atom. The van der Waals surface area contributed by atoms with Crippen LogP contribution in [0.5, 0.6) is 5.75 Å². The van der Waals surface area contributed by atoms with E-state index < -0.39 is 0 Å². The molecule has 2 rings (SSSR count). The van der Waals surface area contributed by atoms with Crippen LogP contribution < -0.4 is 10.1 Å².